The SMILES string of the molecule is Cc1nc(CN2CCN(C(/C=C(\N)c3ccccc3O)=C(N)N)CC2)co1. The molecule has 2 heterocycles. The standard InChI is InChI=1S/C19H26N6O2/c1-13-23-14(12-27-13)11-24-6-8-25(9-7-24)17(19(21)22)10-16(20)15-4-2-3-5-18(15)26/h2-5,10,12,26H,6-9,11,20-22H2,1H3/b16-10-. The number of rotatable bonds is 5. The number of phenols is 1. The molecule has 0 saturated carbocycles. The van der Waals surface area contributed by atoms with Gasteiger partial charge >= 0.3 is 0 Å². The molecule has 1 saturated heterocycles. The monoisotopic (exact) mass is 370 g/mol. The van der Waals surface area contributed by atoms with Crippen LogP contribution in [0.3, 0.4) is 0 Å². The average molecular weight is 370 g/mol. The summed E-state index contributed by atoms with van der Waals surface area (Å²) in [5, 5.41) is 9.99. The summed E-state index contributed by atoms with van der Waals surface area (Å²) >= 11 is 0. The summed E-state index contributed by atoms with van der Waals surface area (Å²) in [4.78, 5) is 8.75. The number of hydrogen-bond acceptors (Lipinski definition) is 8. The van der Waals surface area contributed by atoms with E-state index in [0.717, 1.165) is 38.4 Å². The number of aryl methyl sites for hydroxylation is 1. The maximum Gasteiger partial charge on any atom is 0.191 e. The molecule has 1 fully saturated rings. The molecule has 27 heavy (non-hydrogen) atoms. The van der Waals surface area contributed by atoms with Crippen molar-refractivity contribution in [1.82, 2.24) is 14.8 Å². The van der Waals surface area contributed by atoms with Crippen molar-refractivity contribution in [2.24, 2.45) is 17.2 Å². The van der Waals surface area contributed by atoms with Gasteiger partial charge in [0.25, 0.3) is 0 Å². The van der Waals surface area contributed by atoms with Crippen LogP contribution in [0.1, 0.15) is 17.1 Å². The molecule has 1 aromatic heterocycles. The number of hydrogen-bond donors (Lipinski definition) is 4. The zero-order chi connectivity index (χ0) is 19.4. The lowest BCUT2D eigenvalue weighted by atomic mass is 10.1. The van der Waals surface area contributed by atoms with Gasteiger partial charge in [0, 0.05) is 50.9 Å². The Labute approximate surface area is 158 Å². The Balaban J connectivity index is 1.68. The minimum absolute atomic E-state index is 0.119. The second kappa shape index (κ2) is 8.05. The van der Waals surface area contributed by atoms with Crippen molar-refractivity contribution < 1.29 is 9.52 Å². The molecule has 3 rings (SSSR count). The fourth-order valence-electron chi connectivity index (χ4n) is 3.16. The van der Waals surface area contributed by atoms with Crippen molar-refractivity contribution in [2.75, 3.05) is 26.2 Å². The van der Waals surface area contributed by atoms with Crippen LogP contribution in [0, 0.1) is 6.92 Å². The third-order valence-electron chi connectivity index (χ3n) is 4.57. The fraction of sp³-hybridized carbons (Fsp3) is 0.316. The van der Waals surface area contributed by atoms with E-state index in [9.17, 15) is 5.11 Å². The second-order valence-electron chi connectivity index (χ2n) is 6.58. The molecule has 0 spiro atoms. The number of benzene rings is 1. The van der Waals surface area contributed by atoms with Gasteiger partial charge in [-0.2, -0.15) is 0 Å². The van der Waals surface area contributed by atoms with E-state index in [0.29, 0.717) is 22.8 Å². The molecule has 0 unspecified atom stereocenters. The Morgan fingerprint density at radius 1 is 1.19 bits per heavy atom. The quantitative estimate of drug-likeness (QED) is 0.571. The van der Waals surface area contributed by atoms with E-state index in [1.54, 1.807) is 30.5 Å². The lowest BCUT2D eigenvalue weighted by Crippen LogP contribution is -2.46. The first kappa shape index (κ1) is 18.7. The summed E-state index contributed by atoms with van der Waals surface area (Å²) in [5.74, 6) is 0.998. The molecule has 0 amide bonds. The maximum absolute atomic E-state index is 9.99. The first-order valence-electron chi connectivity index (χ1n) is 8.83. The predicted octanol–water partition coefficient (Wildman–Crippen LogP) is 0.893. The molecule has 0 atom stereocenters. The predicted molar refractivity (Wildman–Crippen MR) is 104 cm³/mol. The molecule has 0 aliphatic carbocycles. The van der Waals surface area contributed by atoms with E-state index >= 15 is 0 Å². The van der Waals surface area contributed by atoms with Crippen LogP contribution in [0.25, 0.3) is 5.70 Å². The van der Waals surface area contributed by atoms with Crippen LogP contribution in [-0.2, 0) is 6.54 Å². The van der Waals surface area contributed by atoms with Gasteiger partial charge in [0.2, 0.25) is 0 Å². The zero-order valence-corrected chi connectivity index (χ0v) is 15.4. The van der Waals surface area contributed by atoms with E-state index in [2.05, 4.69) is 14.8 Å². The molecule has 8 nitrogen and oxygen atoms in total. The van der Waals surface area contributed by atoms with Gasteiger partial charge in [-0.05, 0) is 18.2 Å². The van der Waals surface area contributed by atoms with Crippen LogP contribution in [0.4, 0.5) is 0 Å². The zero-order valence-electron chi connectivity index (χ0n) is 15.4. The van der Waals surface area contributed by atoms with Crippen LogP contribution >= 0.6 is 0 Å². The Kier molecular flexibility index (Phi) is 5.56. The third kappa shape index (κ3) is 4.53. The van der Waals surface area contributed by atoms with E-state index < -0.39 is 0 Å². The summed E-state index contributed by atoms with van der Waals surface area (Å²) in [7, 11) is 0. The highest BCUT2D eigenvalue weighted by atomic mass is 16.3. The molecular weight excluding hydrogens is 344 g/mol. The lowest BCUT2D eigenvalue weighted by molar-refractivity contribution is 0.153. The molecule has 1 aliphatic rings. The number of phenolic OH excluding ortho intramolecular Hbond substituents is 1. The number of nitrogens with two attached hydrogens (primary N) is 3. The van der Waals surface area contributed by atoms with Crippen molar-refractivity contribution >= 4 is 5.70 Å². The van der Waals surface area contributed by atoms with Crippen LogP contribution in [0.5, 0.6) is 5.75 Å². The Bertz CT molecular complexity index is 845. The third-order valence-corrected chi connectivity index (χ3v) is 4.57. The summed E-state index contributed by atoms with van der Waals surface area (Å²) in [6.45, 7) is 5.78. The molecule has 1 aliphatic heterocycles. The fourth-order valence-corrected chi connectivity index (χ4v) is 3.16. The number of piperazine rings is 1. The summed E-state index contributed by atoms with van der Waals surface area (Å²) in [6.07, 6.45) is 3.42. The number of aromatic nitrogens is 1. The topological polar surface area (TPSA) is 131 Å². The van der Waals surface area contributed by atoms with Gasteiger partial charge in [-0.3, -0.25) is 4.90 Å². The van der Waals surface area contributed by atoms with E-state index in [4.69, 9.17) is 21.6 Å². The Morgan fingerprint density at radius 3 is 2.48 bits per heavy atom. The average Bonchev–Trinajstić information content (AvgIpc) is 3.05. The smallest absolute Gasteiger partial charge is 0.191 e. The van der Waals surface area contributed by atoms with Gasteiger partial charge in [0.05, 0.1) is 11.4 Å². The molecule has 2 aromatic rings. The molecular formula is C19H26N6O2. The van der Waals surface area contributed by atoms with Gasteiger partial charge in [0.1, 0.15) is 17.8 Å². The first-order valence-corrected chi connectivity index (χ1v) is 8.83. The van der Waals surface area contributed by atoms with Gasteiger partial charge < -0.3 is 31.6 Å². The van der Waals surface area contributed by atoms with E-state index in [-0.39, 0.29) is 11.6 Å². The van der Waals surface area contributed by atoms with Crippen molar-refractivity contribution in [2.45, 2.75) is 13.5 Å². The van der Waals surface area contributed by atoms with Crippen molar-refractivity contribution in [3.8, 4) is 5.75 Å². The van der Waals surface area contributed by atoms with Gasteiger partial charge in [-0.25, -0.2) is 4.98 Å². The minimum atomic E-state index is 0.119. The minimum Gasteiger partial charge on any atom is -0.507 e. The number of para-hydroxylation sites is 1. The summed E-state index contributed by atoms with van der Waals surface area (Å²) < 4.78 is 5.26. The van der Waals surface area contributed by atoms with Gasteiger partial charge in [-0.1, -0.05) is 12.1 Å². The normalized spacial score (nSPS) is 15.7. The van der Waals surface area contributed by atoms with Crippen LogP contribution in [0.15, 0.2) is 52.5 Å². The molecule has 1 aromatic carbocycles. The Morgan fingerprint density at radius 2 is 1.89 bits per heavy atom. The highest BCUT2D eigenvalue weighted by molar-refractivity contribution is 5.69. The van der Waals surface area contributed by atoms with Crippen LogP contribution in [-0.4, -0.2) is 46.1 Å². The number of allylic oxidation sites excluding steroid dienone is 1. The maximum atomic E-state index is 9.99. The highest BCUT2D eigenvalue weighted by Crippen LogP contribution is 2.23. The Hall–Kier alpha value is -3.13. The van der Waals surface area contributed by atoms with E-state index in [1.165, 1.54) is 0 Å². The van der Waals surface area contributed by atoms with Crippen molar-refractivity contribution in [1.29, 1.82) is 0 Å². The van der Waals surface area contributed by atoms with E-state index in [1.807, 2.05) is 13.0 Å². The summed E-state index contributed by atoms with van der Waals surface area (Å²) in [5.41, 5.74) is 20.6. The number of nitrogens with zero attached hydrogens (tertiary/aromatic N) is 3. The molecule has 7 N–H and O–H groups in total. The van der Waals surface area contributed by atoms with Crippen molar-refractivity contribution in [3.05, 3.63) is 65.3 Å². The highest BCUT2D eigenvalue weighted by Gasteiger charge is 2.20. The molecule has 0 bridgehead atoms. The van der Waals surface area contributed by atoms with Gasteiger partial charge in [0.15, 0.2) is 5.89 Å². The first-order chi connectivity index (χ1) is 12.9. The number of oxazole rings is 1. The second-order valence-corrected chi connectivity index (χ2v) is 6.58. The van der Waals surface area contributed by atoms with Crippen LogP contribution in [0.2, 0.25) is 0 Å². The summed E-state index contributed by atoms with van der Waals surface area (Å²) in [6, 6.07) is 6.91. The van der Waals surface area contributed by atoms with Crippen LogP contribution < -0.4 is 17.2 Å². The number of aromatic hydroxyl groups is 1. The molecule has 8 heteroatoms. The van der Waals surface area contributed by atoms with Gasteiger partial charge in [-0.15, -0.1) is 0 Å². The largest absolute Gasteiger partial charge is 0.507 e. The lowest BCUT2D eigenvalue weighted by Gasteiger charge is -2.36. The van der Waals surface area contributed by atoms with Crippen molar-refractivity contribution in [3.63, 3.8) is 0 Å². The molecule has 0 radical (unpaired) electrons. The molecule has 144 valence electrons.